The van der Waals surface area contributed by atoms with Gasteiger partial charge in [0, 0.05) is 5.03 Å². The molecule has 1 saturated heterocycles. The van der Waals surface area contributed by atoms with Crippen molar-refractivity contribution in [3.8, 4) is 0 Å². The highest BCUT2D eigenvalue weighted by molar-refractivity contribution is 6.30. The molecule has 21 heavy (non-hydrogen) atoms. The first-order chi connectivity index (χ1) is 9.97. The predicted molar refractivity (Wildman–Crippen MR) is 74.4 cm³/mol. The third-order valence-electron chi connectivity index (χ3n) is 3.07. The number of cyclic esters (lactones) is 1. The summed E-state index contributed by atoms with van der Waals surface area (Å²) in [5.41, 5.74) is 0.440. The van der Waals surface area contributed by atoms with Crippen LogP contribution in [-0.4, -0.2) is 37.7 Å². The molecule has 0 aliphatic carbocycles. The van der Waals surface area contributed by atoms with Gasteiger partial charge in [-0.3, -0.25) is 14.4 Å². The second-order valence-corrected chi connectivity index (χ2v) is 4.81. The quantitative estimate of drug-likeness (QED) is 0.422. The van der Waals surface area contributed by atoms with Crippen molar-refractivity contribution < 1.29 is 28.6 Å². The van der Waals surface area contributed by atoms with E-state index in [1.54, 1.807) is 20.8 Å². The Morgan fingerprint density at radius 1 is 1.24 bits per heavy atom. The van der Waals surface area contributed by atoms with Gasteiger partial charge in [-0.05, 0) is 25.8 Å². The molecule has 0 radical (unpaired) electrons. The molecule has 1 fully saturated rings. The molecule has 0 bridgehead atoms. The monoisotopic (exact) mass is 318 g/mol. The van der Waals surface area contributed by atoms with Gasteiger partial charge in [0.2, 0.25) is 0 Å². The number of rotatable bonds is 6. The molecule has 1 atom stereocenters. The van der Waals surface area contributed by atoms with Crippen LogP contribution in [0.4, 0.5) is 0 Å². The minimum atomic E-state index is -1.38. The Morgan fingerprint density at radius 2 is 1.76 bits per heavy atom. The van der Waals surface area contributed by atoms with Crippen molar-refractivity contribution in [1.82, 2.24) is 0 Å². The highest BCUT2D eigenvalue weighted by Gasteiger charge is 2.48. The van der Waals surface area contributed by atoms with Gasteiger partial charge in [-0.2, -0.15) is 0 Å². The molecular formula is C14H19ClO6. The average Bonchev–Trinajstić information content (AvgIpc) is 2.81. The van der Waals surface area contributed by atoms with Crippen LogP contribution in [0.3, 0.4) is 0 Å². The lowest BCUT2D eigenvalue weighted by Crippen LogP contribution is -2.37. The lowest BCUT2D eigenvalue weighted by atomic mass is 9.86. The van der Waals surface area contributed by atoms with Crippen molar-refractivity contribution in [2.75, 3.05) is 19.8 Å². The van der Waals surface area contributed by atoms with E-state index in [0.717, 1.165) is 0 Å². The molecule has 0 aromatic rings. The molecule has 0 amide bonds. The van der Waals surface area contributed by atoms with Crippen molar-refractivity contribution in [3.05, 3.63) is 10.6 Å². The third-order valence-corrected chi connectivity index (χ3v) is 3.58. The molecule has 1 aliphatic heterocycles. The maximum absolute atomic E-state index is 12.1. The Morgan fingerprint density at radius 3 is 2.19 bits per heavy atom. The lowest BCUT2D eigenvalue weighted by Gasteiger charge is -2.19. The van der Waals surface area contributed by atoms with E-state index in [2.05, 4.69) is 0 Å². The summed E-state index contributed by atoms with van der Waals surface area (Å²) in [6.07, 6.45) is 0.475. The average molecular weight is 319 g/mol. The van der Waals surface area contributed by atoms with Gasteiger partial charge in [0.1, 0.15) is 12.5 Å². The Hall–Kier alpha value is -1.56. The molecule has 1 unspecified atom stereocenters. The van der Waals surface area contributed by atoms with E-state index >= 15 is 0 Å². The fourth-order valence-electron chi connectivity index (χ4n) is 2.11. The number of carbonyl (C=O) groups is 3. The molecule has 7 heteroatoms. The van der Waals surface area contributed by atoms with Gasteiger partial charge < -0.3 is 14.2 Å². The first-order valence-electron chi connectivity index (χ1n) is 6.85. The molecule has 1 heterocycles. The summed E-state index contributed by atoms with van der Waals surface area (Å²) < 4.78 is 14.7. The third kappa shape index (κ3) is 3.97. The van der Waals surface area contributed by atoms with Crippen LogP contribution in [0.1, 0.15) is 27.2 Å². The van der Waals surface area contributed by atoms with E-state index in [9.17, 15) is 14.4 Å². The van der Waals surface area contributed by atoms with Gasteiger partial charge in [-0.25, -0.2) is 0 Å². The van der Waals surface area contributed by atoms with E-state index < -0.39 is 29.7 Å². The van der Waals surface area contributed by atoms with Crippen molar-refractivity contribution in [1.29, 1.82) is 0 Å². The van der Waals surface area contributed by atoms with E-state index in [-0.39, 0.29) is 19.8 Å². The highest BCUT2D eigenvalue weighted by Crippen LogP contribution is 2.34. The van der Waals surface area contributed by atoms with Crippen molar-refractivity contribution in [2.24, 2.45) is 11.8 Å². The Kier molecular flexibility index (Phi) is 6.68. The van der Waals surface area contributed by atoms with Gasteiger partial charge in [-0.1, -0.05) is 18.5 Å². The predicted octanol–water partition coefficient (Wildman–Crippen LogP) is 1.80. The molecule has 0 N–H and O–H groups in total. The summed E-state index contributed by atoms with van der Waals surface area (Å²) in [6.45, 7) is 5.20. The van der Waals surface area contributed by atoms with Crippen molar-refractivity contribution in [3.63, 3.8) is 0 Å². The Labute approximate surface area is 128 Å². The molecule has 118 valence electrons. The minimum absolute atomic E-state index is 0.0223. The lowest BCUT2D eigenvalue weighted by molar-refractivity contribution is -0.167. The smallest absolute Gasteiger partial charge is 0.321 e. The zero-order valence-corrected chi connectivity index (χ0v) is 13.1. The van der Waals surface area contributed by atoms with E-state index in [1.165, 1.54) is 0 Å². The zero-order chi connectivity index (χ0) is 16.0. The van der Waals surface area contributed by atoms with Gasteiger partial charge in [0.15, 0.2) is 5.92 Å². The second kappa shape index (κ2) is 8.02. The van der Waals surface area contributed by atoms with E-state index in [4.69, 9.17) is 25.8 Å². The Bertz CT molecular complexity index is 438. The number of hydrogen-bond donors (Lipinski definition) is 0. The first-order valence-corrected chi connectivity index (χ1v) is 7.22. The maximum Gasteiger partial charge on any atom is 0.321 e. The number of halogens is 1. The van der Waals surface area contributed by atoms with Crippen LogP contribution in [0.25, 0.3) is 0 Å². The summed E-state index contributed by atoms with van der Waals surface area (Å²) in [7, 11) is 0. The van der Waals surface area contributed by atoms with Crippen LogP contribution in [0.5, 0.6) is 0 Å². The number of ether oxygens (including phenoxy) is 3. The van der Waals surface area contributed by atoms with Gasteiger partial charge >= 0.3 is 17.9 Å². The summed E-state index contributed by atoms with van der Waals surface area (Å²) in [4.78, 5) is 36.0. The molecule has 1 aliphatic rings. The second-order valence-electron chi connectivity index (χ2n) is 4.35. The Balaban J connectivity index is 3.19. The summed E-state index contributed by atoms with van der Waals surface area (Å²) in [5.74, 6) is -4.73. The van der Waals surface area contributed by atoms with Gasteiger partial charge in [0.05, 0.1) is 13.2 Å². The van der Waals surface area contributed by atoms with Crippen LogP contribution in [-0.2, 0) is 28.6 Å². The molecule has 0 saturated carbocycles. The number of esters is 3. The SMILES string of the molecule is CCOC(=O)C(C(=O)OCC)C1C(=O)OC/C1=C(\Cl)CC. The highest BCUT2D eigenvalue weighted by atomic mass is 35.5. The molecule has 0 aromatic carbocycles. The standard InChI is InChI=1S/C14H19ClO6/c1-4-9(15)8-7-21-12(16)10(8)11(13(17)19-5-2)14(18)20-6-3/h10-11H,4-7H2,1-3H3/b9-8+. The molecule has 0 spiro atoms. The number of carbonyl (C=O) groups excluding carboxylic acids is 3. The zero-order valence-electron chi connectivity index (χ0n) is 12.3. The molecular weight excluding hydrogens is 300 g/mol. The summed E-state index contributed by atoms with van der Waals surface area (Å²) in [6, 6.07) is 0. The molecule has 6 nitrogen and oxygen atoms in total. The van der Waals surface area contributed by atoms with Crippen LogP contribution in [0.15, 0.2) is 10.6 Å². The first kappa shape index (κ1) is 17.5. The van der Waals surface area contributed by atoms with E-state index in [0.29, 0.717) is 17.0 Å². The minimum Gasteiger partial charge on any atom is -0.465 e. The van der Waals surface area contributed by atoms with Crippen LogP contribution >= 0.6 is 11.6 Å². The van der Waals surface area contributed by atoms with Crippen LogP contribution < -0.4 is 0 Å². The summed E-state index contributed by atoms with van der Waals surface area (Å²) in [5, 5.41) is 0.407. The number of hydrogen-bond acceptors (Lipinski definition) is 6. The van der Waals surface area contributed by atoms with Gasteiger partial charge in [-0.15, -0.1) is 0 Å². The fraction of sp³-hybridized carbons (Fsp3) is 0.643. The maximum atomic E-state index is 12.1. The largest absolute Gasteiger partial charge is 0.465 e. The number of allylic oxidation sites excluding steroid dienone is 1. The van der Waals surface area contributed by atoms with Crippen LogP contribution in [0.2, 0.25) is 0 Å². The topological polar surface area (TPSA) is 78.9 Å². The molecule has 1 rings (SSSR count). The fourth-order valence-corrected chi connectivity index (χ4v) is 2.29. The van der Waals surface area contributed by atoms with Crippen molar-refractivity contribution >= 4 is 29.5 Å². The van der Waals surface area contributed by atoms with E-state index in [1.807, 2.05) is 0 Å². The molecule has 0 aromatic heterocycles. The normalized spacial score (nSPS) is 20.2. The van der Waals surface area contributed by atoms with Gasteiger partial charge in [0.25, 0.3) is 0 Å². The van der Waals surface area contributed by atoms with Crippen molar-refractivity contribution in [2.45, 2.75) is 27.2 Å². The summed E-state index contributed by atoms with van der Waals surface area (Å²) >= 11 is 6.08. The van der Waals surface area contributed by atoms with Crippen LogP contribution in [0, 0.1) is 11.8 Å².